The molecule has 0 heterocycles. The molecule has 1 fully saturated rings. The lowest BCUT2D eigenvalue weighted by Gasteiger charge is -2.31. The van der Waals surface area contributed by atoms with E-state index >= 15 is 0 Å². The number of amides is 6. The van der Waals surface area contributed by atoms with Crippen LogP contribution in [0.2, 0.25) is 0 Å². The molecule has 12 nitrogen and oxygen atoms in total. The molecule has 1 aliphatic carbocycles. The van der Waals surface area contributed by atoms with Crippen molar-refractivity contribution in [2.75, 3.05) is 26.2 Å². The SMILES string of the molecule is CCCCCCCCCCNC(=O)CCC(C(=O)NCCCCCCCCCC)C(=O)NC1CCC(NC(=O)C(CCC(=O)NCCCCCCCCCC)C(=O)NCCCCCCCCCC)CC1. The van der Waals surface area contributed by atoms with Crippen LogP contribution < -0.4 is 31.9 Å². The van der Waals surface area contributed by atoms with Crippen LogP contribution in [0.3, 0.4) is 0 Å². The van der Waals surface area contributed by atoms with Gasteiger partial charge in [0.1, 0.15) is 11.8 Å². The minimum absolute atomic E-state index is 0.105. The molecule has 2 atom stereocenters. The summed E-state index contributed by atoms with van der Waals surface area (Å²) >= 11 is 0. The number of nitrogens with one attached hydrogen (secondary N) is 6. The van der Waals surface area contributed by atoms with Crippen LogP contribution in [0.1, 0.15) is 285 Å². The molecule has 0 bridgehead atoms. The summed E-state index contributed by atoms with van der Waals surface area (Å²) in [6.45, 7) is 11.1. The smallest absolute Gasteiger partial charge is 0.232 e. The first-order valence-corrected chi connectivity index (χ1v) is 29.9. The van der Waals surface area contributed by atoms with Gasteiger partial charge >= 0.3 is 0 Å². The highest BCUT2D eigenvalue weighted by molar-refractivity contribution is 6.01. The maximum Gasteiger partial charge on any atom is 0.232 e. The van der Waals surface area contributed by atoms with Crippen LogP contribution in [0.25, 0.3) is 0 Å². The fraction of sp³-hybridized carbons (Fsp3) is 0.897. The summed E-state index contributed by atoms with van der Waals surface area (Å²) in [4.78, 5) is 80.4. The maximum atomic E-state index is 13.8. The summed E-state index contributed by atoms with van der Waals surface area (Å²) in [5.41, 5.74) is 0. The van der Waals surface area contributed by atoms with Gasteiger partial charge in [0.05, 0.1) is 0 Å². The molecule has 0 aromatic heterocycles. The van der Waals surface area contributed by atoms with E-state index < -0.39 is 11.8 Å². The van der Waals surface area contributed by atoms with Gasteiger partial charge in [-0.1, -0.05) is 207 Å². The van der Waals surface area contributed by atoms with Gasteiger partial charge in [0, 0.05) is 51.1 Å². The molecular weight excluding hydrogens is 877 g/mol. The van der Waals surface area contributed by atoms with Gasteiger partial charge in [0.15, 0.2) is 0 Å². The van der Waals surface area contributed by atoms with Crippen LogP contribution in [-0.2, 0) is 28.8 Å². The second kappa shape index (κ2) is 46.9. The first-order valence-electron chi connectivity index (χ1n) is 29.9. The second-order valence-electron chi connectivity index (χ2n) is 20.9. The summed E-state index contributed by atoms with van der Waals surface area (Å²) in [6.07, 6.45) is 40.4. The van der Waals surface area contributed by atoms with Crippen molar-refractivity contribution in [2.45, 2.75) is 297 Å². The quantitative estimate of drug-likeness (QED) is 0.0261. The highest BCUT2D eigenvalue weighted by atomic mass is 16.2. The van der Waals surface area contributed by atoms with Crippen LogP contribution in [0.15, 0.2) is 0 Å². The zero-order valence-corrected chi connectivity index (χ0v) is 45.9. The van der Waals surface area contributed by atoms with Gasteiger partial charge in [-0.25, -0.2) is 0 Å². The molecule has 0 saturated heterocycles. The third-order valence-electron chi connectivity index (χ3n) is 14.4. The van der Waals surface area contributed by atoms with Gasteiger partial charge in [0.25, 0.3) is 0 Å². The summed E-state index contributed by atoms with van der Waals surface area (Å²) < 4.78 is 0. The first-order chi connectivity index (χ1) is 34.2. The van der Waals surface area contributed by atoms with Crippen molar-refractivity contribution in [1.82, 2.24) is 31.9 Å². The van der Waals surface area contributed by atoms with Crippen molar-refractivity contribution in [3.63, 3.8) is 0 Å². The Labute approximate surface area is 429 Å². The van der Waals surface area contributed by atoms with E-state index in [-0.39, 0.29) is 73.2 Å². The number of hydrogen-bond donors (Lipinski definition) is 6. The zero-order valence-electron chi connectivity index (χ0n) is 45.9. The van der Waals surface area contributed by atoms with Crippen LogP contribution in [0.4, 0.5) is 0 Å². The number of unbranched alkanes of at least 4 members (excludes halogenated alkanes) is 28. The molecule has 0 aliphatic heterocycles. The molecule has 1 aliphatic rings. The summed E-state index contributed by atoms with van der Waals surface area (Å²) in [7, 11) is 0. The van der Waals surface area contributed by atoms with Gasteiger partial charge < -0.3 is 31.9 Å². The summed E-state index contributed by atoms with van der Waals surface area (Å²) in [6, 6.07) is -0.343. The molecule has 1 saturated carbocycles. The highest BCUT2D eigenvalue weighted by Crippen LogP contribution is 2.22. The molecule has 6 amide bonds. The lowest BCUT2D eigenvalue weighted by atomic mass is 9.89. The average molecular weight is 988 g/mol. The zero-order chi connectivity index (χ0) is 51.1. The van der Waals surface area contributed by atoms with E-state index in [0.717, 1.165) is 64.2 Å². The standard InChI is InChI=1S/C58H110N6O6/c1-5-9-13-17-21-25-29-33-45-59-53(65)43-41-51(55(67)61-47-35-31-27-23-19-15-11-7-3)57(69)63-49-37-39-50(40-38-49)64-58(70)52(56(68)62-48-36-32-28-24-20-16-12-8-4)42-44-54(66)60-46-34-30-26-22-18-14-10-6-2/h49-52H,5-48H2,1-4H3,(H,59,65)(H,60,66)(H,61,67)(H,62,68)(H,63,69)(H,64,70). The Bertz CT molecular complexity index is 1220. The van der Waals surface area contributed by atoms with Crippen LogP contribution in [0, 0.1) is 11.8 Å². The Morgan fingerprint density at radius 3 is 0.800 bits per heavy atom. The third kappa shape index (κ3) is 36.7. The predicted octanol–water partition coefficient (Wildman–Crippen LogP) is 12.4. The lowest BCUT2D eigenvalue weighted by Crippen LogP contribution is -2.50. The van der Waals surface area contributed by atoms with E-state index in [9.17, 15) is 28.8 Å². The fourth-order valence-corrected chi connectivity index (χ4v) is 9.64. The van der Waals surface area contributed by atoms with Crippen molar-refractivity contribution in [1.29, 1.82) is 0 Å². The van der Waals surface area contributed by atoms with Gasteiger partial charge in [-0.15, -0.1) is 0 Å². The van der Waals surface area contributed by atoms with Crippen LogP contribution in [0.5, 0.6) is 0 Å². The second-order valence-corrected chi connectivity index (χ2v) is 20.9. The minimum atomic E-state index is -0.970. The maximum absolute atomic E-state index is 13.8. The van der Waals surface area contributed by atoms with E-state index in [2.05, 4.69) is 59.6 Å². The molecular formula is C58H110N6O6. The van der Waals surface area contributed by atoms with Gasteiger partial charge in [-0.2, -0.15) is 0 Å². The third-order valence-corrected chi connectivity index (χ3v) is 14.4. The Hall–Kier alpha value is -3.18. The van der Waals surface area contributed by atoms with E-state index in [4.69, 9.17) is 0 Å². The Balaban J connectivity index is 2.76. The number of carbonyl (C=O) groups excluding carboxylic acids is 6. The molecule has 0 aromatic rings. The van der Waals surface area contributed by atoms with Crippen molar-refractivity contribution < 1.29 is 28.8 Å². The van der Waals surface area contributed by atoms with E-state index in [1.165, 1.54) is 141 Å². The Morgan fingerprint density at radius 2 is 0.543 bits per heavy atom. The summed E-state index contributed by atoms with van der Waals surface area (Å²) in [5, 5.41) is 18.3. The minimum Gasteiger partial charge on any atom is -0.356 e. The van der Waals surface area contributed by atoms with E-state index in [1.807, 2.05) is 0 Å². The first kappa shape index (κ1) is 64.8. The van der Waals surface area contributed by atoms with E-state index in [1.54, 1.807) is 0 Å². The van der Waals surface area contributed by atoms with Gasteiger partial charge in [-0.05, 0) is 64.2 Å². The van der Waals surface area contributed by atoms with Crippen LogP contribution >= 0.6 is 0 Å². The molecule has 408 valence electrons. The number of hydrogen-bond acceptors (Lipinski definition) is 6. The highest BCUT2D eigenvalue weighted by Gasteiger charge is 2.33. The molecule has 2 unspecified atom stereocenters. The molecule has 12 heteroatoms. The Kier molecular flexibility index (Phi) is 43.4. The van der Waals surface area contributed by atoms with Gasteiger partial charge in [-0.3, -0.25) is 28.8 Å². The molecule has 6 N–H and O–H groups in total. The average Bonchev–Trinajstić information content (AvgIpc) is 3.35. The summed E-state index contributed by atoms with van der Waals surface area (Å²) in [5.74, 6) is -3.57. The molecule has 0 radical (unpaired) electrons. The van der Waals surface area contributed by atoms with Crippen molar-refractivity contribution in [2.24, 2.45) is 11.8 Å². The Morgan fingerprint density at radius 1 is 0.314 bits per heavy atom. The van der Waals surface area contributed by atoms with Gasteiger partial charge in [0.2, 0.25) is 35.4 Å². The van der Waals surface area contributed by atoms with Crippen molar-refractivity contribution in [3.8, 4) is 0 Å². The number of rotatable bonds is 48. The largest absolute Gasteiger partial charge is 0.356 e. The van der Waals surface area contributed by atoms with Crippen LogP contribution in [-0.4, -0.2) is 73.7 Å². The predicted molar refractivity (Wildman–Crippen MR) is 290 cm³/mol. The molecule has 0 aromatic carbocycles. The molecule has 0 spiro atoms. The number of carbonyl (C=O) groups is 6. The lowest BCUT2D eigenvalue weighted by molar-refractivity contribution is -0.138. The van der Waals surface area contributed by atoms with Crippen molar-refractivity contribution >= 4 is 35.4 Å². The monoisotopic (exact) mass is 987 g/mol. The van der Waals surface area contributed by atoms with Crippen molar-refractivity contribution in [3.05, 3.63) is 0 Å². The molecule has 70 heavy (non-hydrogen) atoms. The normalized spacial score (nSPS) is 15.4. The fourth-order valence-electron chi connectivity index (χ4n) is 9.64. The van der Waals surface area contributed by atoms with E-state index in [0.29, 0.717) is 51.9 Å². The topological polar surface area (TPSA) is 175 Å². The molecule has 1 rings (SSSR count).